The average molecular weight is 1030 g/mol. The van der Waals surface area contributed by atoms with Crippen LogP contribution < -0.4 is 25.2 Å². The number of imide groups is 1. The van der Waals surface area contributed by atoms with Gasteiger partial charge in [-0.15, -0.1) is 6.42 Å². The SMILES string of the molecule is C#Cc1c(F)ccc2cc(O)cc(-c3ncc4c(N5CC6CCC(C5)N6)nc(OCCN5CCC(CC6CCN(CC7CCN(c8ccc(F)c9c8CN(C8CCC(=O)NC8=O)C9=O)CC7)CC6)CC5)nc4c3F)c12. The van der Waals surface area contributed by atoms with E-state index in [4.69, 9.17) is 16.1 Å². The number of halogens is 3. The molecule has 15 nitrogen and oxygen atoms in total. The zero-order valence-corrected chi connectivity index (χ0v) is 42.1. The van der Waals surface area contributed by atoms with Crippen molar-refractivity contribution in [2.45, 2.75) is 95.3 Å². The number of carbonyl (C=O) groups is 3. The van der Waals surface area contributed by atoms with Gasteiger partial charge in [0, 0.05) is 92.7 Å². The van der Waals surface area contributed by atoms with E-state index in [9.17, 15) is 19.5 Å². The molecule has 12 rings (SSSR count). The lowest BCUT2D eigenvalue weighted by molar-refractivity contribution is -0.136. The van der Waals surface area contributed by atoms with Crippen LogP contribution in [0.15, 0.2) is 42.6 Å². The highest BCUT2D eigenvalue weighted by atomic mass is 19.1. The van der Waals surface area contributed by atoms with Crippen LogP contribution >= 0.6 is 0 Å². The standard InChI is InChI=1S/C57H63F3N10O5/c1-2-40-44(58)6-3-36-26-39(71)27-41(49(36)40)52-51(60)53-42(28-61-52)54(69-30-37-4-5-38(31-69)62-37)65-57(64-53)75-24-23-66-17-11-33(12-18-66)25-34-13-19-67(20-14-34)29-35-15-21-68(22-16-35)46-8-7-45(59)50-43(46)32-70(56(50)74)47-9-10-48(72)63-55(47)73/h1,3,6-8,26-28,33-35,37-38,47,62,71H,4-5,9-25,29-32H2,(H,63,72,73). The molecule has 3 amide bonds. The van der Waals surface area contributed by atoms with Crippen molar-refractivity contribution in [2.24, 2.45) is 17.8 Å². The van der Waals surface area contributed by atoms with Crippen molar-refractivity contribution >= 4 is 50.9 Å². The second-order valence-electron chi connectivity index (χ2n) is 22.1. The predicted molar refractivity (Wildman–Crippen MR) is 278 cm³/mol. The van der Waals surface area contributed by atoms with Gasteiger partial charge in [-0.1, -0.05) is 12.0 Å². The van der Waals surface area contributed by atoms with E-state index in [1.54, 1.807) is 12.3 Å². The molecule has 3 aromatic carbocycles. The number of anilines is 2. The summed E-state index contributed by atoms with van der Waals surface area (Å²) in [4.78, 5) is 62.8. The highest BCUT2D eigenvalue weighted by molar-refractivity contribution is 6.06. The van der Waals surface area contributed by atoms with E-state index in [2.05, 4.69) is 46.1 Å². The molecule has 5 aromatic rings. The number of hydrogen-bond donors (Lipinski definition) is 3. The number of nitrogens with one attached hydrogen (secondary N) is 2. The molecule has 18 heteroatoms. The van der Waals surface area contributed by atoms with Crippen LogP contribution in [-0.2, 0) is 16.1 Å². The Hall–Kier alpha value is -6.55. The Kier molecular flexibility index (Phi) is 13.5. The maximum atomic E-state index is 17.0. The van der Waals surface area contributed by atoms with E-state index in [1.165, 1.54) is 54.5 Å². The van der Waals surface area contributed by atoms with Gasteiger partial charge >= 0.3 is 6.01 Å². The van der Waals surface area contributed by atoms with Crippen LogP contribution in [0.3, 0.4) is 0 Å². The lowest BCUT2D eigenvalue weighted by Crippen LogP contribution is -2.52. The molecule has 6 fully saturated rings. The van der Waals surface area contributed by atoms with Gasteiger partial charge in [-0.2, -0.15) is 9.97 Å². The molecule has 75 heavy (non-hydrogen) atoms. The van der Waals surface area contributed by atoms with Crippen LogP contribution in [0.4, 0.5) is 24.7 Å². The first-order valence-electron chi connectivity index (χ1n) is 27.0. The van der Waals surface area contributed by atoms with Gasteiger partial charge in [-0.05, 0) is 144 Å². The van der Waals surface area contributed by atoms with Crippen molar-refractivity contribution in [3.8, 4) is 35.4 Å². The zero-order valence-electron chi connectivity index (χ0n) is 42.1. The number of carbonyl (C=O) groups excluding carboxylic acids is 3. The number of nitrogens with zero attached hydrogens (tertiary/aromatic N) is 8. The van der Waals surface area contributed by atoms with Gasteiger partial charge in [-0.25, -0.2) is 13.2 Å². The Morgan fingerprint density at radius 1 is 0.800 bits per heavy atom. The quantitative estimate of drug-likeness (QED) is 0.0890. The summed E-state index contributed by atoms with van der Waals surface area (Å²) in [5, 5.41) is 17.8. The first kappa shape index (κ1) is 49.3. The van der Waals surface area contributed by atoms with E-state index >= 15 is 13.2 Å². The fourth-order valence-corrected chi connectivity index (χ4v) is 13.5. The number of likely N-dealkylation sites (tertiary alicyclic amines) is 2. The fourth-order valence-electron chi connectivity index (χ4n) is 13.5. The average Bonchev–Trinajstić information content (AvgIpc) is 3.94. The summed E-state index contributed by atoms with van der Waals surface area (Å²) in [6.07, 6.45) is 17.8. The van der Waals surface area contributed by atoms with Crippen LogP contribution in [0.1, 0.15) is 92.1 Å². The molecule has 9 heterocycles. The van der Waals surface area contributed by atoms with E-state index in [1.807, 2.05) is 0 Å². The summed E-state index contributed by atoms with van der Waals surface area (Å²) < 4.78 is 53.5. The molecular weight excluding hydrogens is 962 g/mol. The van der Waals surface area contributed by atoms with Gasteiger partial charge in [0.05, 0.1) is 16.5 Å². The van der Waals surface area contributed by atoms with Crippen molar-refractivity contribution in [1.82, 2.24) is 40.3 Å². The lowest BCUT2D eigenvalue weighted by atomic mass is 9.82. The number of benzene rings is 3. The minimum absolute atomic E-state index is 0.0311. The Bertz CT molecular complexity index is 3100. The minimum atomic E-state index is -0.781. The maximum Gasteiger partial charge on any atom is 0.319 e. The molecule has 0 radical (unpaired) electrons. The molecule has 6 saturated heterocycles. The molecular formula is C57H63F3N10O5. The summed E-state index contributed by atoms with van der Waals surface area (Å²) in [5.41, 5.74) is 1.60. The smallest absolute Gasteiger partial charge is 0.319 e. The van der Waals surface area contributed by atoms with Crippen molar-refractivity contribution in [3.05, 3.63) is 76.7 Å². The Morgan fingerprint density at radius 3 is 2.23 bits per heavy atom. The fraction of sp³-hybridized carbons (Fsp3) is 0.509. The number of pyridine rings is 1. The van der Waals surface area contributed by atoms with Crippen molar-refractivity contribution < 1.29 is 37.4 Å². The van der Waals surface area contributed by atoms with Gasteiger partial charge in [0.2, 0.25) is 11.8 Å². The van der Waals surface area contributed by atoms with E-state index in [0.29, 0.717) is 72.3 Å². The van der Waals surface area contributed by atoms with Crippen LogP contribution in [0, 0.1) is 47.5 Å². The van der Waals surface area contributed by atoms with E-state index < -0.39 is 35.3 Å². The first-order chi connectivity index (χ1) is 36.4. The van der Waals surface area contributed by atoms with Crippen molar-refractivity contribution in [2.75, 3.05) is 81.9 Å². The number of hydrogen-bond acceptors (Lipinski definition) is 13. The molecule has 3 N–H and O–H groups in total. The number of phenolic OH excluding ortho intramolecular Hbond substituents is 1. The largest absolute Gasteiger partial charge is 0.508 e. The molecule has 3 unspecified atom stereocenters. The van der Waals surface area contributed by atoms with Crippen molar-refractivity contribution in [1.29, 1.82) is 0 Å². The van der Waals surface area contributed by atoms with Crippen molar-refractivity contribution in [3.63, 3.8) is 0 Å². The lowest BCUT2D eigenvalue weighted by Gasteiger charge is -2.40. The molecule has 2 aromatic heterocycles. The Balaban J connectivity index is 0.625. The second kappa shape index (κ2) is 20.5. The van der Waals surface area contributed by atoms with Crippen LogP contribution in [-0.4, -0.2) is 143 Å². The minimum Gasteiger partial charge on any atom is -0.508 e. The number of aromatic hydroxyl groups is 1. The van der Waals surface area contributed by atoms with Crippen LogP contribution in [0.5, 0.6) is 11.8 Å². The Labute approximate surface area is 434 Å². The van der Waals surface area contributed by atoms with E-state index in [0.717, 1.165) is 95.9 Å². The number of fused-ring (bicyclic) bond motifs is 5. The first-order valence-corrected chi connectivity index (χ1v) is 27.0. The summed E-state index contributed by atoms with van der Waals surface area (Å²) in [7, 11) is 0. The third-order valence-electron chi connectivity index (χ3n) is 17.4. The molecule has 2 bridgehead atoms. The molecule has 0 saturated carbocycles. The highest BCUT2D eigenvalue weighted by Crippen LogP contribution is 2.41. The number of aromatic nitrogens is 3. The summed E-state index contributed by atoms with van der Waals surface area (Å²) in [6, 6.07) is 8.59. The monoisotopic (exact) mass is 1020 g/mol. The van der Waals surface area contributed by atoms with Crippen LogP contribution in [0.2, 0.25) is 0 Å². The van der Waals surface area contributed by atoms with Gasteiger partial charge < -0.3 is 34.8 Å². The summed E-state index contributed by atoms with van der Waals surface area (Å²) in [5.74, 6) is 1.55. The van der Waals surface area contributed by atoms with Gasteiger partial charge in [0.15, 0.2) is 5.82 Å². The number of ether oxygens (including phenoxy) is 1. The summed E-state index contributed by atoms with van der Waals surface area (Å²) >= 11 is 0. The predicted octanol–water partition coefficient (Wildman–Crippen LogP) is 6.76. The van der Waals surface area contributed by atoms with Crippen LogP contribution in [0.25, 0.3) is 32.9 Å². The highest BCUT2D eigenvalue weighted by Gasteiger charge is 2.43. The molecule has 7 aliphatic heterocycles. The van der Waals surface area contributed by atoms with Gasteiger partial charge in [0.25, 0.3) is 5.91 Å². The maximum absolute atomic E-state index is 17.0. The van der Waals surface area contributed by atoms with Gasteiger partial charge in [0.1, 0.15) is 47.1 Å². The molecule has 392 valence electrons. The molecule has 3 atom stereocenters. The number of amides is 3. The Morgan fingerprint density at radius 2 is 1.51 bits per heavy atom. The third kappa shape index (κ3) is 9.72. The normalized spacial score (nSPS) is 23.4. The summed E-state index contributed by atoms with van der Waals surface area (Å²) in [6.45, 7) is 9.50. The molecule has 0 aliphatic carbocycles. The number of terminal acetylenes is 1. The van der Waals surface area contributed by atoms with E-state index in [-0.39, 0.29) is 70.3 Å². The zero-order chi connectivity index (χ0) is 51.5. The van der Waals surface area contributed by atoms with Gasteiger partial charge in [-0.3, -0.25) is 29.6 Å². The third-order valence-corrected chi connectivity index (χ3v) is 17.4. The molecule has 0 spiro atoms. The number of piperazine rings is 1. The molecule has 7 aliphatic rings. The number of rotatable bonds is 12. The topological polar surface area (TPSA) is 160 Å². The number of phenols is 1. The number of piperidine rings is 4. The second-order valence-corrected chi connectivity index (χ2v) is 22.1.